The van der Waals surface area contributed by atoms with Gasteiger partial charge >= 0.3 is 0 Å². The third kappa shape index (κ3) is 7.39. The van der Waals surface area contributed by atoms with Crippen LogP contribution in [0.25, 0.3) is 0 Å². The topological polar surface area (TPSA) is 80.8 Å². The van der Waals surface area contributed by atoms with E-state index in [1.54, 1.807) is 12.3 Å². The van der Waals surface area contributed by atoms with Crippen molar-refractivity contribution in [1.82, 2.24) is 9.88 Å². The number of rotatable bonds is 10. The summed E-state index contributed by atoms with van der Waals surface area (Å²) in [6.07, 6.45) is 2.38. The molecule has 0 bridgehead atoms. The van der Waals surface area contributed by atoms with Crippen LogP contribution < -0.4 is 9.46 Å². The van der Waals surface area contributed by atoms with Gasteiger partial charge in [-0.1, -0.05) is 0 Å². The molecule has 0 aliphatic rings. The van der Waals surface area contributed by atoms with Crippen LogP contribution in [0.3, 0.4) is 0 Å². The molecule has 1 N–H and O–H groups in total. The van der Waals surface area contributed by atoms with E-state index in [2.05, 4.69) is 25.6 Å². The fraction of sp³-hybridized carbons (Fsp3) is 0.615. The minimum atomic E-state index is -3.50. The van der Waals surface area contributed by atoms with Gasteiger partial charge in [0.1, 0.15) is 5.69 Å². The average Bonchev–Trinajstić information content (AvgIpc) is 2.42. The van der Waals surface area contributed by atoms with Gasteiger partial charge in [-0.05, 0) is 42.5 Å². The monoisotopic (exact) mass is 397 g/mol. The molecule has 0 amide bonds. The lowest BCUT2D eigenvalue weighted by Crippen LogP contribution is -2.21. The Morgan fingerprint density at radius 1 is 1.41 bits per heavy atom. The lowest BCUT2D eigenvalue weighted by Gasteiger charge is -2.14. The molecule has 0 radical (unpaired) electrons. The van der Waals surface area contributed by atoms with Crippen LogP contribution in [0.5, 0.6) is 5.88 Å². The molecule has 0 atom stereocenters. The Hall–Kier alpha value is -0.900. The fourth-order valence-corrected chi connectivity index (χ4v) is 2.88. The zero-order valence-electron chi connectivity index (χ0n) is 13.0. The smallest absolute Gasteiger partial charge is 0.238 e. The van der Waals surface area contributed by atoms with Crippen molar-refractivity contribution in [1.29, 1.82) is 0 Å². The molecule has 0 fully saturated rings. The second-order valence-corrected chi connectivity index (χ2v) is 7.68. The summed E-state index contributed by atoms with van der Waals surface area (Å²) < 4.78 is 37.4. The quantitative estimate of drug-likeness (QED) is 0.606. The summed E-state index contributed by atoms with van der Waals surface area (Å²) in [4.78, 5) is 6.17. The SMILES string of the molecule is COCCS(=O)(=O)Nc1cc(Br)cnc1OCCCN(C)C.[HH]. The van der Waals surface area contributed by atoms with Gasteiger partial charge < -0.3 is 14.4 Å². The molecular weight excluding hydrogens is 374 g/mol. The molecule has 0 aromatic carbocycles. The van der Waals surface area contributed by atoms with E-state index in [9.17, 15) is 8.42 Å². The van der Waals surface area contributed by atoms with Crippen molar-refractivity contribution in [3.63, 3.8) is 0 Å². The Balaban J connectivity index is 0.00000484. The zero-order chi connectivity index (χ0) is 16.6. The number of anilines is 1. The zero-order valence-corrected chi connectivity index (χ0v) is 15.4. The summed E-state index contributed by atoms with van der Waals surface area (Å²) in [7, 11) is 1.91. The van der Waals surface area contributed by atoms with E-state index in [0.717, 1.165) is 13.0 Å². The molecule has 128 valence electrons. The van der Waals surface area contributed by atoms with Crippen LogP contribution in [0.4, 0.5) is 5.69 Å². The standard InChI is InChI=1S/C13H22BrN3O4S.H2/c1-17(2)5-4-6-21-13-12(9-11(14)10-15-13)16-22(18,19)8-7-20-3;/h9-10,16H,4-8H2,1-3H3;1H. The highest BCUT2D eigenvalue weighted by molar-refractivity contribution is 9.10. The largest absolute Gasteiger partial charge is 0.476 e. The molecule has 1 heterocycles. The molecule has 22 heavy (non-hydrogen) atoms. The number of hydrogen-bond acceptors (Lipinski definition) is 6. The molecular formula is C13H24BrN3O4S. The highest BCUT2D eigenvalue weighted by Gasteiger charge is 2.15. The molecule has 0 spiro atoms. The van der Waals surface area contributed by atoms with Crippen LogP contribution in [-0.4, -0.2) is 65.0 Å². The van der Waals surface area contributed by atoms with E-state index in [1.807, 2.05) is 19.0 Å². The van der Waals surface area contributed by atoms with E-state index in [-0.39, 0.29) is 19.7 Å². The molecule has 0 aliphatic heterocycles. The number of hydrogen-bond donors (Lipinski definition) is 1. The lowest BCUT2D eigenvalue weighted by molar-refractivity contribution is 0.217. The number of ether oxygens (including phenoxy) is 2. The van der Waals surface area contributed by atoms with Crippen molar-refractivity contribution in [3.8, 4) is 5.88 Å². The summed E-state index contributed by atoms with van der Waals surface area (Å²) in [5, 5.41) is 0. The minimum absolute atomic E-state index is 0. The molecule has 1 aromatic rings. The van der Waals surface area contributed by atoms with Crippen molar-refractivity contribution >= 4 is 31.6 Å². The first-order chi connectivity index (χ1) is 10.3. The lowest BCUT2D eigenvalue weighted by atomic mass is 10.4. The second kappa shape index (κ2) is 9.29. The maximum atomic E-state index is 11.9. The Kier molecular flexibility index (Phi) is 8.08. The molecule has 7 nitrogen and oxygen atoms in total. The van der Waals surface area contributed by atoms with Gasteiger partial charge in [0, 0.05) is 25.8 Å². The summed E-state index contributed by atoms with van der Waals surface area (Å²) in [6.45, 7) is 1.46. The number of pyridine rings is 1. The average molecular weight is 398 g/mol. The maximum Gasteiger partial charge on any atom is 0.238 e. The summed E-state index contributed by atoms with van der Waals surface area (Å²) in [5.41, 5.74) is 0.315. The van der Waals surface area contributed by atoms with Gasteiger partial charge in [0.15, 0.2) is 0 Å². The van der Waals surface area contributed by atoms with Gasteiger partial charge in [0.05, 0.1) is 19.0 Å². The molecule has 0 aliphatic carbocycles. The molecule has 1 aromatic heterocycles. The summed E-state index contributed by atoms with van der Waals surface area (Å²) in [6, 6.07) is 1.62. The van der Waals surface area contributed by atoms with Gasteiger partial charge in [-0.2, -0.15) is 0 Å². The maximum absolute atomic E-state index is 11.9. The Morgan fingerprint density at radius 3 is 2.77 bits per heavy atom. The Labute approximate surface area is 141 Å². The van der Waals surface area contributed by atoms with Crippen LogP contribution in [0.1, 0.15) is 7.85 Å². The first-order valence-corrected chi connectivity index (χ1v) is 9.21. The van der Waals surface area contributed by atoms with Crippen molar-refractivity contribution in [3.05, 3.63) is 16.7 Å². The van der Waals surface area contributed by atoms with E-state index in [0.29, 0.717) is 16.8 Å². The van der Waals surface area contributed by atoms with E-state index in [4.69, 9.17) is 9.47 Å². The first-order valence-electron chi connectivity index (χ1n) is 6.76. The van der Waals surface area contributed by atoms with Gasteiger partial charge in [-0.15, -0.1) is 0 Å². The highest BCUT2D eigenvalue weighted by atomic mass is 79.9. The molecule has 9 heteroatoms. The van der Waals surface area contributed by atoms with Crippen molar-refractivity contribution in [2.24, 2.45) is 0 Å². The third-order valence-corrected chi connectivity index (χ3v) is 4.30. The van der Waals surface area contributed by atoms with Crippen molar-refractivity contribution in [2.45, 2.75) is 6.42 Å². The minimum Gasteiger partial charge on any atom is -0.476 e. The first kappa shape index (κ1) is 19.1. The van der Waals surface area contributed by atoms with Crippen LogP contribution in [-0.2, 0) is 14.8 Å². The second-order valence-electron chi connectivity index (χ2n) is 4.93. The van der Waals surface area contributed by atoms with E-state index in [1.165, 1.54) is 7.11 Å². The molecule has 0 saturated heterocycles. The number of halogens is 1. The van der Waals surface area contributed by atoms with Crippen LogP contribution >= 0.6 is 15.9 Å². The van der Waals surface area contributed by atoms with Crippen LogP contribution in [0.15, 0.2) is 16.7 Å². The Morgan fingerprint density at radius 2 is 2.14 bits per heavy atom. The highest BCUT2D eigenvalue weighted by Crippen LogP contribution is 2.26. The van der Waals surface area contributed by atoms with Gasteiger partial charge in [0.2, 0.25) is 15.9 Å². The summed E-state index contributed by atoms with van der Waals surface area (Å²) >= 11 is 3.27. The number of methoxy groups -OCH3 is 1. The fourth-order valence-electron chi connectivity index (χ4n) is 1.58. The molecule has 0 unspecified atom stereocenters. The summed E-state index contributed by atoms with van der Waals surface area (Å²) in [5.74, 6) is 0.138. The van der Waals surface area contributed by atoms with E-state index < -0.39 is 10.0 Å². The van der Waals surface area contributed by atoms with Gasteiger partial charge in [-0.3, -0.25) is 4.72 Å². The van der Waals surface area contributed by atoms with Crippen LogP contribution in [0, 0.1) is 0 Å². The Bertz CT molecular complexity index is 572. The predicted octanol–water partition coefficient (Wildman–Crippen LogP) is 1.81. The van der Waals surface area contributed by atoms with Gasteiger partial charge in [0.25, 0.3) is 0 Å². The number of nitrogens with one attached hydrogen (secondary N) is 1. The normalized spacial score (nSPS) is 11.7. The third-order valence-electron chi connectivity index (χ3n) is 2.63. The van der Waals surface area contributed by atoms with E-state index >= 15 is 0 Å². The van der Waals surface area contributed by atoms with Crippen molar-refractivity contribution in [2.75, 3.05) is 51.4 Å². The number of sulfonamides is 1. The predicted molar refractivity (Wildman–Crippen MR) is 92.0 cm³/mol. The molecule has 1 rings (SSSR count). The van der Waals surface area contributed by atoms with Crippen molar-refractivity contribution < 1.29 is 19.3 Å². The number of nitrogens with zero attached hydrogens (tertiary/aromatic N) is 2. The molecule has 0 saturated carbocycles. The van der Waals surface area contributed by atoms with Gasteiger partial charge in [-0.25, -0.2) is 13.4 Å². The van der Waals surface area contributed by atoms with Crippen LogP contribution in [0.2, 0.25) is 0 Å². The number of aromatic nitrogens is 1.